The van der Waals surface area contributed by atoms with Crippen molar-refractivity contribution >= 4 is 11.4 Å². The lowest BCUT2D eigenvalue weighted by molar-refractivity contribution is -0.384. The van der Waals surface area contributed by atoms with E-state index < -0.39 is 0 Å². The molecule has 0 aliphatic heterocycles. The van der Waals surface area contributed by atoms with Gasteiger partial charge in [0.15, 0.2) is 0 Å². The fraction of sp³-hybridized carbons (Fsp3) is 0.625. The number of hydrogen-bond acceptors (Lipinski definition) is 4. The van der Waals surface area contributed by atoms with Crippen molar-refractivity contribution in [1.82, 2.24) is 4.90 Å². The minimum absolute atomic E-state index is 0.157. The third-order valence-electron chi connectivity index (χ3n) is 3.78. The van der Waals surface area contributed by atoms with Crippen molar-refractivity contribution in [3.8, 4) is 0 Å². The SMILES string of the molecule is CCCN(Cc1ccc([N+](=O)[O-])c(NCC)c1)CC1CC1. The summed E-state index contributed by atoms with van der Waals surface area (Å²) in [6, 6.07) is 5.43. The first kappa shape index (κ1) is 15.8. The van der Waals surface area contributed by atoms with Gasteiger partial charge in [-0.1, -0.05) is 13.0 Å². The molecule has 1 aromatic carbocycles. The molecule has 5 heteroatoms. The third kappa shape index (κ3) is 4.70. The summed E-state index contributed by atoms with van der Waals surface area (Å²) in [7, 11) is 0. The van der Waals surface area contributed by atoms with Crippen LogP contribution in [-0.2, 0) is 6.54 Å². The molecule has 0 bridgehead atoms. The van der Waals surface area contributed by atoms with Crippen molar-refractivity contribution < 1.29 is 4.92 Å². The van der Waals surface area contributed by atoms with Gasteiger partial charge in [-0.25, -0.2) is 0 Å². The van der Waals surface area contributed by atoms with Crippen molar-refractivity contribution in [2.45, 2.75) is 39.7 Å². The smallest absolute Gasteiger partial charge is 0.292 e. The second-order valence-electron chi connectivity index (χ2n) is 5.82. The zero-order valence-electron chi connectivity index (χ0n) is 13.0. The number of nitro benzene ring substituents is 1. The number of hydrogen-bond donors (Lipinski definition) is 1. The fourth-order valence-corrected chi connectivity index (χ4v) is 2.65. The lowest BCUT2D eigenvalue weighted by Crippen LogP contribution is -2.26. The predicted octanol–water partition coefficient (Wildman–Crippen LogP) is 3.65. The molecule has 0 unspecified atom stereocenters. The second-order valence-corrected chi connectivity index (χ2v) is 5.82. The Kier molecular flexibility index (Phi) is 5.56. The van der Waals surface area contributed by atoms with E-state index in [1.165, 1.54) is 12.8 Å². The van der Waals surface area contributed by atoms with E-state index >= 15 is 0 Å². The molecule has 21 heavy (non-hydrogen) atoms. The number of anilines is 1. The van der Waals surface area contributed by atoms with E-state index in [4.69, 9.17) is 0 Å². The Labute approximate surface area is 126 Å². The maximum Gasteiger partial charge on any atom is 0.292 e. The highest BCUT2D eigenvalue weighted by molar-refractivity contribution is 5.62. The standard InChI is InChI=1S/C16H25N3O2/c1-3-9-18(11-13-5-6-13)12-14-7-8-16(19(20)21)15(10-14)17-4-2/h7-8,10,13,17H,3-6,9,11-12H2,1-2H3. The summed E-state index contributed by atoms with van der Waals surface area (Å²) in [6.45, 7) is 7.95. The van der Waals surface area contributed by atoms with Crippen LogP contribution in [0, 0.1) is 16.0 Å². The third-order valence-corrected chi connectivity index (χ3v) is 3.78. The Morgan fingerprint density at radius 1 is 1.38 bits per heavy atom. The monoisotopic (exact) mass is 291 g/mol. The first-order valence-electron chi connectivity index (χ1n) is 7.87. The van der Waals surface area contributed by atoms with Crippen LogP contribution in [0.25, 0.3) is 0 Å². The van der Waals surface area contributed by atoms with Gasteiger partial charge in [-0.05, 0) is 50.3 Å². The minimum atomic E-state index is -0.324. The Bertz CT molecular complexity index is 486. The van der Waals surface area contributed by atoms with Crippen LogP contribution in [0.5, 0.6) is 0 Å². The molecule has 5 nitrogen and oxygen atoms in total. The van der Waals surface area contributed by atoms with Crippen LogP contribution in [0.3, 0.4) is 0 Å². The normalized spacial score (nSPS) is 14.4. The molecule has 0 radical (unpaired) electrons. The maximum atomic E-state index is 11.0. The number of nitrogens with one attached hydrogen (secondary N) is 1. The summed E-state index contributed by atoms with van der Waals surface area (Å²) in [4.78, 5) is 13.2. The molecular weight excluding hydrogens is 266 g/mol. The van der Waals surface area contributed by atoms with Gasteiger partial charge in [0.25, 0.3) is 5.69 Å². The molecular formula is C16H25N3O2. The van der Waals surface area contributed by atoms with Gasteiger partial charge in [0.1, 0.15) is 5.69 Å². The van der Waals surface area contributed by atoms with Gasteiger partial charge in [0.05, 0.1) is 4.92 Å². The molecule has 0 saturated heterocycles. The van der Waals surface area contributed by atoms with Crippen molar-refractivity contribution in [2.75, 3.05) is 25.0 Å². The molecule has 116 valence electrons. The van der Waals surface area contributed by atoms with Gasteiger partial charge in [-0.15, -0.1) is 0 Å². The summed E-state index contributed by atoms with van der Waals surface area (Å²) < 4.78 is 0. The zero-order chi connectivity index (χ0) is 15.2. The average molecular weight is 291 g/mol. The Hall–Kier alpha value is -1.62. The van der Waals surface area contributed by atoms with Gasteiger partial charge >= 0.3 is 0 Å². The molecule has 1 fully saturated rings. The molecule has 0 atom stereocenters. The van der Waals surface area contributed by atoms with E-state index in [0.29, 0.717) is 12.2 Å². The van der Waals surface area contributed by atoms with Crippen LogP contribution < -0.4 is 5.32 Å². The quantitative estimate of drug-likeness (QED) is 0.557. The summed E-state index contributed by atoms with van der Waals surface area (Å²) in [5.74, 6) is 0.864. The largest absolute Gasteiger partial charge is 0.380 e. The zero-order valence-corrected chi connectivity index (χ0v) is 13.0. The lowest BCUT2D eigenvalue weighted by atomic mass is 10.1. The molecule has 1 aliphatic rings. The molecule has 0 aromatic heterocycles. The number of rotatable bonds is 9. The minimum Gasteiger partial charge on any atom is -0.380 e. The van der Waals surface area contributed by atoms with E-state index in [0.717, 1.165) is 37.5 Å². The average Bonchev–Trinajstić information content (AvgIpc) is 3.23. The van der Waals surface area contributed by atoms with Gasteiger partial charge in [0.2, 0.25) is 0 Å². The number of benzene rings is 1. The fourth-order valence-electron chi connectivity index (χ4n) is 2.65. The second kappa shape index (κ2) is 7.41. The highest BCUT2D eigenvalue weighted by Gasteiger charge is 2.24. The van der Waals surface area contributed by atoms with E-state index in [1.54, 1.807) is 6.07 Å². The topological polar surface area (TPSA) is 58.4 Å². The van der Waals surface area contributed by atoms with Crippen LogP contribution in [0.1, 0.15) is 38.7 Å². The van der Waals surface area contributed by atoms with Crippen molar-refractivity contribution in [3.05, 3.63) is 33.9 Å². The summed E-state index contributed by atoms with van der Waals surface area (Å²) >= 11 is 0. The Morgan fingerprint density at radius 2 is 2.14 bits per heavy atom. The predicted molar refractivity (Wildman–Crippen MR) is 85.6 cm³/mol. The molecule has 2 rings (SSSR count). The van der Waals surface area contributed by atoms with Crippen LogP contribution in [-0.4, -0.2) is 29.5 Å². The van der Waals surface area contributed by atoms with E-state index in [2.05, 4.69) is 17.1 Å². The lowest BCUT2D eigenvalue weighted by Gasteiger charge is -2.22. The summed E-state index contributed by atoms with van der Waals surface area (Å²) in [6.07, 6.45) is 3.84. The molecule has 0 heterocycles. The first-order valence-corrected chi connectivity index (χ1v) is 7.87. The number of nitrogens with zero attached hydrogens (tertiary/aromatic N) is 2. The molecule has 1 saturated carbocycles. The van der Waals surface area contributed by atoms with Gasteiger partial charge in [-0.3, -0.25) is 15.0 Å². The van der Waals surface area contributed by atoms with Crippen LogP contribution in [0.2, 0.25) is 0 Å². The first-order chi connectivity index (χ1) is 10.1. The Balaban J connectivity index is 2.10. The van der Waals surface area contributed by atoms with Crippen molar-refractivity contribution in [3.63, 3.8) is 0 Å². The van der Waals surface area contributed by atoms with E-state index in [1.807, 2.05) is 19.1 Å². The molecule has 0 amide bonds. The van der Waals surface area contributed by atoms with E-state index in [9.17, 15) is 10.1 Å². The van der Waals surface area contributed by atoms with Crippen LogP contribution in [0.15, 0.2) is 18.2 Å². The van der Waals surface area contributed by atoms with E-state index in [-0.39, 0.29) is 10.6 Å². The molecule has 0 spiro atoms. The van der Waals surface area contributed by atoms with Gasteiger partial charge in [-0.2, -0.15) is 0 Å². The summed E-state index contributed by atoms with van der Waals surface area (Å²) in [5.41, 5.74) is 1.93. The molecule has 1 aromatic rings. The van der Waals surface area contributed by atoms with Crippen LogP contribution in [0.4, 0.5) is 11.4 Å². The van der Waals surface area contributed by atoms with Gasteiger partial charge in [0, 0.05) is 25.7 Å². The summed E-state index contributed by atoms with van der Waals surface area (Å²) in [5, 5.41) is 14.1. The van der Waals surface area contributed by atoms with Crippen LogP contribution >= 0.6 is 0 Å². The Morgan fingerprint density at radius 3 is 2.71 bits per heavy atom. The van der Waals surface area contributed by atoms with Crippen molar-refractivity contribution in [1.29, 1.82) is 0 Å². The maximum absolute atomic E-state index is 11.0. The highest BCUT2D eigenvalue weighted by Crippen LogP contribution is 2.31. The van der Waals surface area contributed by atoms with Gasteiger partial charge < -0.3 is 5.32 Å². The molecule has 1 N–H and O–H groups in total. The molecule has 1 aliphatic carbocycles. The van der Waals surface area contributed by atoms with Crippen molar-refractivity contribution in [2.24, 2.45) is 5.92 Å². The number of nitro groups is 1. The highest BCUT2D eigenvalue weighted by atomic mass is 16.6.